The van der Waals surface area contributed by atoms with E-state index in [1.165, 1.54) is 11.8 Å². The van der Waals surface area contributed by atoms with Crippen molar-refractivity contribution in [2.75, 3.05) is 18.2 Å². The normalized spacial score (nSPS) is 16.1. The zero-order valence-electron chi connectivity index (χ0n) is 21.7. The van der Waals surface area contributed by atoms with Gasteiger partial charge in [0.1, 0.15) is 12.4 Å². The standard InChI is InChI=1S/C30H26N4O5S/c1-38-22-7-3-4-18(13-22)8-10-23-27(29(36)39-16-20-6-2-5-19(12-20)15-31)28(34-30(37)33-23)21-9-11-25-24(14-21)32-26(35)17-40-25/h2-7,9,11-14,28H,8,10,16-17H2,1H3,(H,32,35)(H2,33,34,37). The van der Waals surface area contributed by atoms with E-state index in [1.807, 2.05) is 36.4 Å². The SMILES string of the molecule is COc1cccc(CCC2=C(C(=O)OCc3cccc(C#N)c3)C(c3ccc4c(c3)NC(=O)CS4)NC(=O)N2)c1. The van der Waals surface area contributed by atoms with Crippen molar-refractivity contribution in [2.45, 2.75) is 30.4 Å². The molecular weight excluding hydrogens is 528 g/mol. The summed E-state index contributed by atoms with van der Waals surface area (Å²) in [5, 5.41) is 17.7. The van der Waals surface area contributed by atoms with Gasteiger partial charge in [-0.05, 0) is 65.9 Å². The summed E-state index contributed by atoms with van der Waals surface area (Å²) in [5.41, 5.74) is 4.09. The van der Waals surface area contributed by atoms with E-state index < -0.39 is 18.0 Å². The van der Waals surface area contributed by atoms with Crippen molar-refractivity contribution >= 4 is 35.4 Å². The Kier molecular flexibility index (Phi) is 8.03. The first kappa shape index (κ1) is 26.8. The summed E-state index contributed by atoms with van der Waals surface area (Å²) in [4.78, 5) is 39.4. The van der Waals surface area contributed by atoms with Crippen LogP contribution < -0.4 is 20.7 Å². The number of ether oxygens (including phenoxy) is 2. The first-order valence-electron chi connectivity index (χ1n) is 12.6. The number of nitrogens with zero attached hydrogens (tertiary/aromatic N) is 1. The molecule has 2 aliphatic heterocycles. The number of amides is 3. The number of allylic oxidation sites excluding steroid dienone is 1. The van der Waals surface area contributed by atoms with Crippen molar-refractivity contribution in [3.63, 3.8) is 0 Å². The van der Waals surface area contributed by atoms with Crippen LogP contribution in [0, 0.1) is 11.3 Å². The second-order valence-electron chi connectivity index (χ2n) is 9.26. The van der Waals surface area contributed by atoms with E-state index in [1.54, 1.807) is 37.4 Å². The average Bonchev–Trinajstić information content (AvgIpc) is 2.98. The Balaban J connectivity index is 1.48. The number of methoxy groups -OCH3 is 1. The lowest BCUT2D eigenvalue weighted by atomic mass is 9.92. The van der Waals surface area contributed by atoms with Crippen LogP contribution >= 0.6 is 11.8 Å². The number of hydrogen-bond donors (Lipinski definition) is 3. The molecule has 1 atom stereocenters. The molecule has 0 fully saturated rings. The molecule has 202 valence electrons. The maximum atomic E-state index is 13.6. The Bertz CT molecular complexity index is 1560. The molecule has 3 amide bonds. The summed E-state index contributed by atoms with van der Waals surface area (Å²) in [6, 6.07) is 20.7. The first-order chi connectivity index (χ1) is 19.4. The first-order valence-corrected chi connectivity index (χ1v) is 13.6. The number of rotatable bonds is 8. The van der Waals surface area contributed by atoms with E-state index in [9.17, 15) is 19.6 Å². The van der Waals surface area contributed by atoms with Gasteiger partial charge in [0.15, 0.2) is 0 Å². The van der Waals surface area contributed by atoms with Crippen LogP contribution in [0.3, 0.4) is 0 Å². The zero-order chi connectivity index (χ0) is 28.1. The Labute approximate surface area is 235 Å². The molecule has 0 saturated heterocycles. The number of hydrogen-bond acceptors (Lipinski definition) is 7. The minimum atomic E-state index is -0.805. The monoisotopic (exact) mass is 554 g/mol. The molecule has 3 aromatic carbocycles. The van der Waals surface area contributed by atoms with E-state index in [-0.39, 0.29) is 18.1 Å². The van der Waals surface area contributed by atoms with E-state index in [4.69, 9.17) is 9.47 Å². The molecule has 0 bridgehead atoms. The smallest absolute Gasteiger partial charge is 0.338 e. The summed E-state index contributed by atoms with van der Waals surface area (Å²) in [6.07, 6.45) is 0.903. The number of anilines is 1. The molecule has 3 aromatic rings. The van der Waals surface area contributed by atoms with Crippen LogP contribution in [0.2, 0.25) is 0 Å². The highest BCUT2D eigenvalue weighted by Crippen LogP contribution is 2.37. The second-order valence-corrected chi connectivity index (χ2v) is 10.3. The quantitative estimate of drug-likeness (QED) is 0.347. The van der Waals surface area contributed by atoms with Crippen molar-refractivity contribution in [3.8, 4) is 11.8 Å². The molecular formula is C30H26N4O5S. The average molecular weight is 555 g/mol. The van der Waals surface area contributed by atoms with Gasteiger partial charge >= 0.3 is 12.0 Å². The van der Waals surface area contributed by atoms with Crippen molar-refractivity contribution < 1.29 is 23.9 Å². The number of nitrogens with one attached hydrogen (secondary N) is 3. The third kappa shape index (κ3) is 6.11. The lowest BCUT2D eigenvalue weighted by Gasteiger charge is -2.30. The van der Waals surface area contributed by atoms with Crippen LogP contribution in [0.1, 0.15) is 34.7 Å². The van der Waals surface area contributed by atoms with Crippen LogP contribution in [0.25, 0.3) is 0 Å². The van der Waals surface area contributed by atoms with Crippen LogP contribution in [-0.2, 0) is 27.4 Å². The largest absolute Gasteiger partial charge is 0.497 e. The Morgan fingerprint density at radius 2 is 1.85 bits per heavy atom. The number of nitriles is 1. The van der Waals surface area contributed by atoms with Gasteiger partial charge in [0.05, 0.1) is 41.8 Å². The van der Waals surface area contributed by atoms with Gasteiger partial charge in [0.2, 0.25) is 5.91 Å². The molecule has 0 aliphatic carbocycles. The number of fused-ring (bicyclic) bond motifs is 1. The van der Waals surface area contributed by atoms with E-state index in [2.05, 4.69) is 22.0 Å². The van der Waals surface area contributed by atoms with Gasteiger partial charge in [-0.15, -0.1) is 11.8 Å². The fourth-order valence-electron chi connectivity index (χ4n) is 4.64. The number of carbonyl (C=O) groups is 3. The van der Waals surface area contributed by atoms with Crippen molar-refractivity contribution in [3.05, 3.63) is 100 Å². The molecule has 40 heavy (non-hydrogen) atoms. The van der Waals surface area contributed by atoms with Crippen molar-refractivity contribution in [2.24, 2.45) is 0 Å². The summed E-state index contributed by atoms with van der Waals surface area (Å²) >= 11 is 1.43. The molecule has 2 heterocycles. The Hall–Kier alpha value is -4.75. The van der Waals surface area contributed by atoms with Gasteiger partial charge in [-0.25, -0.2) is 9.59 Å². The molecule has 2 aliphatic rings. The Morgan fingerprint density at radius 3 is 2.67 bits per heavy atom. The maximum absolute atomic E-state index is 13.6. The van der Waals surface area contributed by atoms with E-state index in [0.29, 0.717) is 52.4 Å². The highest BCUT2D eigenvalue weighted by molar-refractivity contribution is 8.00. The van der Waals surface area contributed by atoms with Gasteiger partial charge in [-0.1, -0.05) is 30.3 Å². The van der Waals surface area contributed by atoms with Crippen LogP contribution in [0.4, 0.5) is 10.5 Å². The second kappa shape index (κ2) is 12.0. The summed E-state index contributed by atoms with van der Waals surface area (Å²) in [6.45, 7) is -0.0431. The number of esters is 1. The van der Waals surface area contributed by atoms with Gasteiger partial charge < -0.3 is 25.4 Å². The summed E-state index contributed by atoms with van der Waals surface area (Å²) < 4.78 is 11.0. The molecule has 10 heteroatoms. The van der Waals surface area contributed by atoms with E-state index in [0.717, 1.165) is 10.5 Å². The van der Waals surface area contributed by atoms with Crippen LogP contribution in [-0.4, -0.2) is 30.8 Å². The van der Waals surface area contributed by atoms with Crippen molar-refractivity contribution in [1.29, 1.82) is 5.26 Å². The van der Waals surface area contributed by atoms with E-state index >= 15 is 0 Å². The number of urea groups is 1. The van der Waals surface area contributed by atoms with Gasteiger partial charge in [-0.2, -0.15) is 5.26 Å². The number of carbonyl (C=O) groups excluding carboxylic acids is 3. The van der Waals surface area contributed by atoms with Gasteiger partial charge in [0, 0.05) is 10.6 Å². The fraction of sp³-hybridized carbons (Fsp3) is 0.200. The lowest BCUT2D eigenvalue weighted by molar-refractivity contribution is -0.140. The maximum Gasteiger partial charge on any atom is 0.338 e. The highest BCUT2D eigenvalue weighted by Gasteiger charge is 2.34. The molecule has 3 N–H and O–H groups in total. The molecule has 0 aromatic heterocycles. The molecule has 9 nitrogen and oxygen atoms in total. The molecule has 0 spiro atoms. The predicted molar refractivity (Wildman–Crippen MR) is 149 cm³/mol. The van der Waals surface area contributed by atoms with Crippen molar-refractivity contribution in [1.82, 2.24) is 10.6 Å². The Morgan fingerprint density at radius 1 is 1.02 bits per heavy atom. The molecule has 0 saturated carbocycles. The molecule has 5 rings (SSSR count). The van der Waals surface area contributed by atoms with Gasteiger partial charge in [0.25, 0.3) is 0 Å². The fourth-order valence-corrected chi connectivity index (χ4v) is 5.43. The topological polar surface area (TPSA) is 130 Å². The lowest BCUT2D eigenvalue weighted by Crippen LogP contribution is -2.46. The number of benzene rings is 3. The number of thioether (sulfide) groups is 1. The highest BCUT2D eigenvalue weighted by atomic mass is 32.2. The zero-order valence-corrected chi connectivity index (χ0v) is 22.5. The van der Waals surface area contributed by atoms with Crippen LogP contribution in [0.5, 0.6) is 5.75 Å². The minimum absolute atomic E-state index is 0.0431. The predicted octanol–water partition coefficient (Wildman–Crippen LogP) is 4.60. The van der Waals surface area contributed by atoms with Gasteiger partial charge in [-0.3, -0.25) is 4.79 Å². The third-order valence-corrected chi connectivity index (χ3v) is 7.64. The van der Waals surface area contributed by atoms with Crippen LogP contribution in [0.15, 0.2) is 82.9 Å². The minimum Gasteiger partial charge on any atom is -0.497 e. The molecule has 0 radical (unpaired) electrons. The summed E-state index contributed by atoms with van der Waals surface area (Å²) in [5.74, 6) is 0.330. The summed E-state index contributed by atoms with van der Waals surface area (Å²) in [7, 11) is 1.60. The molecule has 1 unspecified atom stereocenters. The number of aryl methyl sites for hydroxylation is 1. The third-order valence-electron chi connectivity index (χ3n) is 6.57.